The van der Waals surface area contributed by atoms with Gasteiger partial charge in [0.2, 0.25) is 0 Å². The topological polar surface area (TPSA) is 60.9 Å². The zero-order valence-electron chi connectivity index (χ0n) is 10.2. The summed E-state index contributed by atoms with van der Waals surface area (Å²) in [6, 6.07) is 5.62. The Morgan fingerprint density at radius 1 is 1.29 bits per heavy atom. The second-order valence-corrected chi connectivity index (χ2v) is 7.71. The largest absolute Gasteiger partial charge is 0.398 e. The number of nitrogens with two attached hydrogens (primary N) is 1. The summed E-state index contributed by atoms with van der Waals surface area (Å²) in [5, 5.41) is 4.86. The fraction of sp³-hybridized carbons (Fsp3) is 0.250. The number of nitrogens with zero attached hydrogens (tertiary/aromatic N) is 2. The highest BCUT2D eigenvalue weighted by Crippen LogP contribution is 2.38. The number of nitrogen functional groups attached to an aromatic ring is 1. The van der Waals surface area contributed by atoms with E-state index in [-0.39, 0.29) is 0 Å². The molecule has 0 saturated carbocycles. The molecule has 0 fully saturated rings. The van der Waals surface area contributed by atoms with Crippen LogP contribution in [0.15, 0.2) is 30.6 Å². The van der Waals surface area contributed by atoms with Crippen LogP contribution in [0.2, 0.25) is 0 Å². The molecule has 0 saturated heterocycles. The highest BCUT2D eigenvalue weighted by Gasteiger charge is 2.15. The van der Waals surface area contributed by atoms with Gasteiger partial charge in [0.25, 0.3) is 0 Å². The summed E-state index contributed by atoms with van der Waals surface area (Å²) in [5.74, 6) is 0. The van der Waals surface area contributed by atoms with Crippen molar-refractivity contribution in [3.63, 3.8) is 0 Å². The molecular weight excluding hydrogens is 233 g/mol. The molecule has 0 aliphatic carbocycles. The Hall–Kier alpha value is -1.54. The number of aryl methyl sites for hydroxylation is 1. The van der Waals surface area contributed by atoms with Crippen molar-refractivity contribution in [3.05, 3.63) is 30.6 Å². The molecule has 1 aromatic carbocycles. The molecule has 0 aliphatic heterocycles. The summed E-state index contributed by atoms with van der Waals surface area (Å²) in [4.78, 5) is 0. The van der Waals surface area contributed by atoms with Crippen molar-refractivity contribution in [3.8, 4) is 11.1 Å². The molecule has 0 bridgehead atoms. The summed E-state index contributed by atoms with van der Waals surface area (Å²) in [5.41, 5.74) is 8.45. The van der Waals surface area contributed by atoms with E-state index in [0.717, 1.165) is 16.4 Å². The second kappa shape index (κ2) is 4.04. The van der Waals surface area contributed by atoms with Crippen LogP contribution in [-0.4, -0.2) is 23.1 Å². The van der Waals surface area contributed by atoms with Crippen LogP contribution >= 0.6 is 7.14 Å². The molecule has 0 spiro atoms. The molecule has 0 radical (unpaired) electrons. The van der Waals surface area contributed by atoms with E-state index < -0.39 is 7.14 Å². The monoisotopic (exact) mass is 249 g/mol. The van der Waals surface area contributed by atoms with Crippen LogP contribution in [0.1, 0.15) is 0 Å². The zero-order chi connectivity index (χ0) is 12.6. The predicted octanol–water partition coefficient (Wildman–Crippen LogP) is 1.92. The molecule has 0 atom stereocenters. The third-order valence-corrected chi connectivity index (χ3v) is 4.20. The maximum atomic E-state index is 12.1. The minimum atomic E-state index is -2.35. The van der Waals surface area contributed by atoms with Crippen LogP contribution in [0, 0.1) is 0 Å². The second-order valence-electron chi connectivity index (χ2n) is 4.53. The van der Waals surface area contributed by atoms with E-state index in [0.29, 0.717) is 5.69 Å². The van der Waals surface area contributed by atoms with Gasteiger partial charge in [-0.1, -0.05) is 6.07 Å². The van der Waals surface area contributed by atoms with Gasteiger partial charge in [-0.15, -0.1) is 0 Å². The van der Waals surface area contributed by atoms with Gasteiger partial charge in [0.05, 0.1) is 6.20 Å². The molecule has 2 aromatic rings. The molecule has 2 rings (SSSR count). The molecule has 0 unspecified atom stereocenters. The van der Waals surface area contributed by atoms with Crippen LogP contribution in [0.3, 0.4) is 0 Å². The Labute approximate surface area is 101 Å². The van der Waals surface area contributed by atoms with Crippen molar-refractivity contribution in [1.29, 1.82) is 0 Å². The summed E-state index contributed by atoms with van der Waals surface area (Å²) in [7, 11) is -0.481. The van der Waals surface area contributed by atoms with Gasteiger partial charge in [0, 0.05) is 29.8 Å². The van der Waals surface area contributed by atoms with E-state index in [9.17, 15) is 4.57 Å². The van der Waals surface area contributed by atoms with Gasteiger partial charge in [0.15, 0.2) is 0 Å². The first-order valence-electron chi connectivity index (χ1n) is 5.32. The number of hydrogen-bond donors (Lipinski definition) is 1. The van der Waals surface area contributed by atoms with E-state index in [1.807, 2.05) is 25.4 Å². The van der Waals surface area contributed by atoms with Crippen LogP contribution in [0.25, 0.3) is 11.1 Å². The Balaban J connectivity index is 2.55. The van der Waals surface area contributed by atoms with Crippen molar-refractivity contribution in [2.45, 2.75) is 0 Å². The zero-order valence-corrected chi connectivity index (χ0v) is 11.1. The lowest BCUT2D eigenvalue weighted by Crippen LogP contribution is -2.09. The number of rotatable bonds is 2. The lowest BCUT2D eigenvalue weighted by molar-refractivity contribution is 0.588. The number of benzene rings is 1. The molecule has 17 heavy (non-hydrogen) atoms. The van der Waals surface area contributed by atoms with E-state index in [4.69, 9.17) is 5.73 Å². The van der Waals surface area contributed by atoms with Gasteiger partial charge in [-0.05, 0) is 31.0 Å². The maximum Gasteiger partial charge on any atom is 0.111 e. The standard InChI is InChI=1S/C12H16N3OP/c1-15-8-10(7-14-15)9-4-5-11(13)12(6-9)17(2,3)16/h4-8H,13H2,1-3H3. The SMILES string of the molecule is Cn1cc(-c2ccc(N)c(P(C)(C)=O)c2)cn1. The van der Waals surface area contributed by atoms with Crippen molar-refractivity contribution >= 4 is 18.1 Å². The molecule has 5 heteroatoms. The average molecular weight is 249 g/mol. The Kier molecular flexibility index (Phi) is 2.84. The number of anilines is 1. The van der Waals surface area contributed by atoms with Gasteiger partial charge < -0.3 is 10.3 Å². The Morgan fingerprint density at radius 2 is 2.00 bits per heavy atom. The van der Waals surface area contributed by atoms with Gasteiger partial charge in [-0.25, -0.2) is 0 Å². The minimum absolute atomic E-state index is 0.589. The fourth-order valence-corrected chi connectivity index (χ4v) is 2.91. The van der Waals surface area contributed by atoms with Gasteiger partial charge in [-0.2, -0.15) is 5.10 Å². The molecule has 1 aromatic heterocycles. The average Bonchev–Trinajstić information content (AvgIpc) is 2.64. The van der Waals surface area contributed by atoms with Crippen LogP contribution < -0.4 is 11.0 Å². The lowest BCUT2D eigenvalue weighted by Gasteiger charge is -2.11. The first-order valence-corrected chi connectivity index (χ1v) is 7.92. The van der Waals surface area contributed by atoms with E-state index in [2.05, 4.69) is 5.10 Å². The smallest absolute Gasteiger partial charge is 0.111 e. The third kappa shape index (κ3) is 2.42. The lowest BCUT2D eigenvalue weighted by atomic mass is 10.1. The molecule has 90 valence electrons. The highest BCUT2D eigenvalue weighted by molar-refractivity contribution is 7.70. The van der Waals surface area contributed by atoms with Gasteiger partial charge >= 0.3 is 0 Å². The summed E-state index contributed by atoms with van der Waals surface area (Å²) < 4.78 is 13.9. The molecule has 2 N–H and O–H groups in total. The highest BCUT2D eigenvalue weighted by atomic mass is 31.2. The molecule has 1 heterocycles. The van der Waals surface area contributed by atoms with Crippen LogP contribution in [0.5, 0.6) is 0 Å². The maximum absolute atomic E-state index is 12.1. The van der Waals surface area contributed by atoms with Crippen LogP contribution in [0.4, 0.5) is 5.69 Å². The van der Waals surface area contributed by atoms with Crippen molar-refractivity contribution < 1.29 is 4.57 Å². The number of hydrogen-bond acceptors (Lipinski definition) is 3. The first kappa shape index (κ1) is 11.9. The van der Waals surface area contributed by atoms with Crippen LogP contribution in [-0.2, 0) is 11.6 Å². The first-order chi connectivity index (χ1) is 7.88. The minimum Gasteiger partial charge on any atom is -0.398 e. The molecular formula is C12H16N3OP. The van der Waals surface area contributed by atoms with Crippen molar-refractivity contribution in [2.75, 3.05) is 19.1 Å². The Morgan fingerprint density at radius 3 is 2.53 bits per heavy atom. The van der Waals surface area contributed by atoms with Gasteiger partial charge in [0.1, 0.15) is 7.14 Å². The van der Waals surface area contributed by atoms with E-state index >= 15 is 0 Å². The van der Waals surface area contributed by atoms with Gasteiger partial charge in [-0.3, -0.25) is 4.68 Å². The predicted molar refractivity (Wildman–Crippen MR) is 72.1 cm³/mol. The van der Waals surface area contributed by atoms with E-state index in [1.54, 1.807) is 30.3 Å². The molecule has 4 nitrogen and oxygen atoms in total. The molecule has 0 amide bonds. The number of aromatic nitrogens is 2. The molecule has 0 aliphatic rings. The van der Waals surface area contributed by atoms with Crippen molar-refractivity contribution in [1.82, 2.24) is 9.78 Å². The summed E-state index contributed by atoms with van der Waals surface area (Å²) in [6.45, 7) is 3.46. The third-order valence-electron chi connectivity index (χ3n) is 2.65. The fourth-order valence-electron chi connectivity index (χ4n) is 1.76. The summed E-state index contributed by atoms with van der Waals surface area (Å²) in [6.07, 6.45) is 3.71. The quantitative estimate of drug-likeness (QED) is 0.653. The normalized spacial score (nSPS) is 11.7. The van der Waals surface area contributed by atoms with E-state index in [1.165, 1.54) is 0 Å². The summed E-state index contributed by atoms with van der Waals surface area (Å²) >= 11 is 0. The Bertz CT molecular complexity index is 598. The van der Waals surface area contributed by atoms with Crippen molar-refractivity contribution in [2.24, 2.45) is 7.05 Å².